The van der Waals surface area contributed by atoms with Gasteiger partial charge in [0.1, 0.15) is 11.6 Å². The third-order valence-electron chi connectivity index (χ3n) is 4.31. The van der Waals surface area contributed by atoms with E-state index in [9.17, 15) is 9.18 Å². The summed E-state index contributed by atoms with van der Waals surface area (Å²) in [5.74, 6) is 1.75. The number of rotatable bonds is 7. The summed E-state index contributed by atoms with van der Waals surface area (Å²) in [6, 6.07) is 17.6. The van der Waals surface area contributed by atoms with Crippen LogP contribution in [0.5, 0.6) is 0 Å². The van der Waals surface area contributed by atoms with Gasteiger partial charge in [-0.15, -0.1) is 0 Å². The summed E-state index contributed by atoms with van der Waals surface area (Å²) in [6.45, 7) is 0. The first-order chi connectivity index (χ1) is 14.2. The molecule has 4 rings (SSSR count). The van der Waals surface area contributed by atoms with Gasteiger partial charge in [-0.25, -0.2) is 9.37 Å². The van der Waals surface area contributed by atoms with Crippen LogP contribution < -0.4 is 5.32 Å². The van der Waals surface area contributed by atoms with Crippen molar-refractivity contribution in [3.63, 3.8) is 0 Å². The first-order valence-corrected chi connectivity index (χ1v) is 10.4. The second kappa shape index (κ2) is 8.87. The third kappa shape index (κ3) is 5.00. The van der Waals surface area contributed by atoms with Crippen molar-refractivity contribution < 1.29 is 9.18 Å². The lowest BCUT2D eigenvalue weighted by molar-refractivity contribution is -0.115. The van der Waals surface area contributed by atoms with Gasteiger partial charge in [-0.3, -0.25) is 9.78 Å². The van der Waals surface area contributed by atoms with Crippen molar-refractivity contribution in [3.05, 3.63) is 78.4 Å². The number of hydrogen-bond acceptors (Lipinski definition) is 4. The standard InChI is InChI=1S/C22H19FN4OS/c23-16-5-3-4-15(12-16)22-26-19-8-7-17(13-20(19)27-22)25-21(28)9-11-29-14-18-6-1-2-10-24-18/h1-8,10,12-13H,9,11,14H2,(H,25,28)(H,26,27). The Bertz CT molecular complexity index is 1130. The molecule has 5 nitrogen and oxygen atoms in total. The zero-order valence-corrected chi connectivity index (χ0v) is 16.4. The predicted molar refractivity (Wildman–Crippen MR) is 115 cm³/mol. The third-order valence-corrected chi connectivity index (χ3v) is 5.31. The van der Waals surface area contributed by atoms with Crippen LogP contribution in [0, 0.1) is 5.82 Å². The maximum absolute atomic E-state index is 13.4. The zero-order chi connectivity index (χ0) is 20.1. The van der Waals surface area contributed by atoms with Crippen LogP contribution in [0.3, 0.4) is 0 Å². The van der Waals surface area contributed by atoms with Gasteiger partial charge in [-0.05, 0) is 42.5 Å². The SMILES string of the molecule is O=C(CCSCc1ccccn1)Nc1ccc2nc(-c3cccc(F)c3)[nH]c2c1. The first-order valence-electron chi connectivity index (χ1n) is 9.20. The number of anilines is 1. The number of imidazole rings is 1. The topological polar surface area (TPSA) is 70.7 Å². The number of carbonyl (C=O) groups excluding carboxylic acids is 1. The number of aromatic nitrogens is 3. The Hall–Kier alpha value is -3.19. The predicted octanol–water partition coefficient (Wildman–Crippen LogP) is 5.03. The minimum absolute atomic E-state index is 0.0391. The average Bonchev–Trinajstić information content (AvgIpc) is 3.15. The number of nitrogens with one attached hydrogen (secondary N) is 2. The molecule has 7 heteroatoms. The van der Waals surface area contributed by atoms with Crippen molar-refractivity contribution in [2.75, 3.05) is 11.1 Å². The molecule has 0 saturated carbocycles. The number of carbonyl (C=O) groups is 1. The molecule has 2 N–H and O–H groups in total. The van der Waals surface area contributed by atoms with Gasteiger partial charge in [0.2, 0.25) is 5.91 Å². The monoisotopic (exact) mass is 406 g/mol. The van der Waals surface area contributed by atoms with Gasteiger partial charge in [0.15, 0.2) is 0 Å². The van der Waals surface area contributed by atoms with Crippen LogP contribution in [0.15, 0.2) is 66.9 Å². The van der Waals surface area contributed by atoms with Crippen LogP contribution in [0.4, 0.5) is 10.1 Å². The van der Waals surface area contributed by atoms with E-state index in [1.807, 2.05) is 36.4 Å². The molecule has 0 bridgehead atoms. The highest BCUT2D eigenvalue weighted by atomic mass is 32.2. The molecule has 2 aromatic carbocycles. The molecule has 0 atom stereocenters. The number of benzene rings is 2. The number of H-pyrrole nitrogens is 1. The van der Waals surface area contributed by atoms with Crippen LogP contribution in [-0.4, -0.2) is 26.6 Å². The molecule has 4 aromatic rings. The van der Waals surface area contributed by atoms with Crippen molar-refractivity contribution in [3.8, 4) is 11.4 Å². The van der Waals surface area contributed by atoms with E-state index in [1.165, 1.54) is 12.1 Å². The van der Waals surface area contributed by atoms with Gasteiger partial charge < -0.3 is 10.3 Å². The van der Waals surface area contributed by atoms with Gasteiger partial charge >= 0.3 is 0 Å². The van der Waals surface area contributed by atoms with Gasteiger partial charge in [-0.2, -0.15) is 11.8 Å². The summed E-state index contributed by atoms with van der Waals surface area (Å²) in [4.78, 5) is 24.2. The van der Waals surface area contributed by atoms with Gasteiger partial charge in [-0.1, -0.05) is 18.2 Å². The summed E-state index contributed by atoms with van der Waals surface area (Å²) >= 11 is 1.68. The maximum atomic E-state index is 13.4. The first kappa shape index (κ1) is 19.1. The number of fused-ring (bicyclic) bond motifs is 1. The number of aromatic amines is 1. The number of thioether (sulfide) groups is 1. The highest BCUT2D eigenvalue weighted by molar-refractivity contribution is 7.98. The smallest absolute Gasteiger partial charge is 0.225 e. The summed E-state index contributed by atoms with van der Waals surface area (Å²) in [6.07, 6.45) is 2.20. The number of hydrogen-bond donors (Lipinski definition) is 2. The fraction of sp³-hybridized carbons (Fsp3) is 0.136. The summed E-state index contributed by atoms with van der Waals surface area (Å²) in [7, 11) is 0. The fourth-order valence-electron chi connectivity index (χ4n) is 2.91. The van der Waals surface area contributed by atoms with E-state index in [0.717, 1.165) is 28.2 Å². The largest absolute Gasteiger partial charge is 0.338 e. The molecular weight excluding hydrogens is 387 g/mol. The van der Waals surface area contributed by atoms with Crippen molar-refractivity contribution >= 4 is 34.4 Å². The second-order valence-corrected chi connectivity index (χ2v) is 7.60. The molecule has 2 aromatic heterocycles. The molecule has 2 heterocycles. The van der Waals surface area contributed by atoms with E-state index in [-0.39, 0.29) is 11.7 Å². The quantitative estimate of drug-likeness (QED) is 0.423. The Morgan fingerprint density at radius 3 is 2.86 bits per heavy atom. The van der Waals surface area contributed by atoms with E-state index in [0.29, 0.717) is 23.5 Å². The van der Waals surface area contributed by atoms with Crippen LogP contribution in [0.25, 0.3) is 22.4 Å². The fourth-order valence-corrected chi connectivity index (χ4v) is 3.76. The Labute approximate surface area is 171 Å². The van der Waals surface area contributed by atoms with E-state index >= 15 is 0 Å². The summed E-state index contributed by atoms with van der Waals surface area (Å²) in [5, 5.41) is 2.92. The Morgan fingerprint density at radius 1 is 1.10 bits per heavy atom. The highest BCUT2D eigenvalue weighted by Gasteiger charge is 2.08. The molecule has 146 valence electrons. The maximum Gasteiger partial charge on any atom is 0.225 e. The highest BCUT2D eigenvalue weighted by Crippen LogP contribution is 2.23. The lowest BCUT2D eigenvalue weighted by Gasteiger charge is -2.05. The lowest BCUT2D eigenvalue weighted by Crippen LogP contribution is -2.12. The molecule has 0 spiro atoms. The number of pyridine rings is 1. The number of nitrogens with zero attached hydrogens (tertiary/aromatic N) is 2. The Kier molecular flexibility index (Phi) is 5.86. The molecule has 0 saturated heterocycles. The molecule has 29 heavy (non-hydrogen) atoms. The molecule has 0 radical (unpaired) electrons. The van der Waals surface area contributed by atoms with E-state index in [2.05, 4.69) is 20.3 Å². The molecule has 0 aliphatic heterocycles. The molecule has 0 unspecified atom stereocenters. The van der Waals surface area contributed by atoms with Crippen molar-refractivity contribution in [2.24, 2.45) is 0 Å². The molecule has 0 aliphatic carbocycles. The van der Waals surface area contributed by atoms with Crippen LogP contribution in [-0.2, 0) is 10.5 Å². The van der Waals surface area contributed by atoms with Gasteiger partial charge in [0.05, 0.1) is 16.7 Å². The molecule has 1 amide bonds. The zero-order valence-electron chi connectivity index (χ0n) is 15.6. The summed E-state index contributed by atoms with van der Waals surface area (Å²) in [5.41, 5.74) is 3.93. The second-order valence-electron chi connectivity index (χ2n) is 6.50. The normalized spacial score (nSPS) is 10.9. The van der Waals surface area contributed by atoms with E-state index in [1.54, 1.807) is 30.1 Å². The van der Waals surface area contributed by atoms with Gasteiger partial charge in [0.25, 0.3) is 0 Å². The Balaban J connectivity index is 1.35. The lowest BCUT2D eigenvalue weighted by atomic mass is 10.2. The minimum Gasteiger partial charge on any atom is -0.338 e. The molecule has 0 aliphatic rings. The van der Waals surface area contributed by atoms with Crippen molar-refractivity contribution in [1.29, 1.82) is 0 Å². The van der Waals surface area contributed by atoms with Crippen molar-refractivity contribution in [2.45, 2.75) is 12.2 Å². The van der Waals surface area contributed by atoms with Crippen LogP contribution >= 0.6 is 11.8 Å². The Morgan fingerprint density at radius 2 is 2.03 bits per heavy atom. The minimum atomic E-state index is -0.308. The van der Waals surface area contributed by atoms with Crippen LogP contribution in [0.1, 0.15) is 12.1 Å². The number of halogens is 1. The molecular formula is C22H19FN4OS. The van der Waals surface area contributed by atoms with E-state index in [4.69, 9.17) is 0 Å². The summed E-state index contributed by atoms with van der Waals surface area (Å²) < 4.78 is 13.4. The van der Waals surface area contributed by atoms with Crippen LogP contribution in [0.2, 0.25) is 0 Å². The number of amides is 1. The average molecular weight is 406 g/mol. The van der Waals surface area contributed by atoms with Crippen molar-refractivity contribution in [1.82, 2.24) is 15.0 Å². The van der Waals surface area contributed by atoms with E-state index < -0.39 is 0 Å². The molecule has 0 fully saturated rings. The van der Waals surface area contributed by atoms with Gasteiger partial charge in [0, 0.05) is 35.4 Å².